The van der Waals surface area contributed by atoms with Crippen LogP contribution in [0, 0.1) is 26.7 Å². The predicted molar refractivity (Wildman–Crippen MR) is 125 cm³/mol. The summed E-state index contributed by atoms with van der Waals surface area (Å²) in [7, 11) is 0. The van der Waals surface area contributed by atoms with Gasteiger partial charge in [-0.05, 0) is 64.8 Å². The number of carbonyl (C=O) groups is 1. The summed E-state index contributed by atoms with van der Waals surface area (Å²) >= 11 is 0. The highest BCUT2D eigenvalue weighted by atomic mass is 16.5. The van der Waals surface area contributed by atoms with Crippen molar-refractivity contribution in [3.05, 3.63) is 41.3 Å². The maximum Gasteiger partial charge on any atom is 0.226 e. The third-order valence-corrected chi connectivity index (χ3v) is 5.96. The fraction of sp³-hybridized carbons (Fsp3) is 0.500. The van der Waals surface area contributed by atoms with Gasteiger partial charge >= 0.3 is 0 Å². The van der Waals surface area contributed by atoms with Crippen LogP contribution in [-0.2, 0) is 11.3 Å². The minimum Gasteiger partial charge on any atom is -0.494 e. The van der Waals surface area contributed by atoms with Crippen LogP contribution in [0.1, 0.15) is 36.8 Å². The summed E-state index contributed by atoms with van der Waals surface area (Å²) in [5, 5.41) is 8.54. The van der Waals surface area contributed by atoms with E-state index < -0.39 is 0 Å². The van der Waals surface area contributed by atoms with Crippen LogP contribution >= 0.6 is 0 Å². The summed E-state index contributed by atoms with van der Waals surface area (Å²) in [6.07, 6.45) is 1.83. The van der Waals surface area contributed by atoms with Crippen molar-refractivity contribution >= 4 is 22.8 Å². The number of nitrogens with one attached hydrogen (secondary N) is 1. The zero-order chi connectivity index (χ0) is 22.7. The van der Waals surface area contributed by atoms with E-state index in [1.807, 2.05) is 56.6 Å². The quantitative estimate of drug-likeness (QED) is 0.612. The Bertz CT molecular complexity index is 1110. The molecule has 0 spiro atoms. The number of aromatic nitrogens is 4. The summed E-state index contributed by atoms with van der Waals surface area (Å²) in [6, 6.07) is 7.96. The molecule has 0 aliphatic carbocycles. The predicted octanol–water partition coefficient (Wildman–Crippen LogP) is 3.18. The molecular formula is C24H32N6O2. The lowest BCUT2D eigenvalue weighted by Crippen LogP contribution is -2.44. The van der Waals surface area contributed by atoms with Gasteiger partial charge in [-0.25, -0.2) is 9.97 Å². The SMILES string of the molecule is CCOc1ccc2nc(N3CCCC(C(=O)NCCn4nc(C)cc4C)C3)nc(C)c2c1. The van der Waals surface area contributed by atoms with Gasteiger partial charge < -0.3 is 15.0 Å². The first kappa shape index (κ1) is 22.0. The number of nitrogens with zero attached hydrogens (tertiary/aromatic N) is 5. The molecule has 8 heteroatoms. The molecule has 1 unspecified atom stereocenters. The molecule has 0 bridgehead atoms. The van der Waals surface area contributed by atoms with Crippen molar-refractivity contribution in [2.45, 2.75) is 47.1 Å². The molecule has 1 N–H and O–H groups in total. The molecule has 8 nitrogen and oxygen atoms in total. The normalized spacial score (nSPS) is 16.4. The highest BCUT2D eigenvalue weighted by Gasteiger charge is 2.27. The van der Waals surface area contributed by atoms with Crippen molar-refractivity contribution in [2.75, 3.05) is 31.1 Å². The molecule has 3 aromatic rings. The summed E-state index contributed by atoms with van der Waals surface area (Å²) in [4.78, 5) is 24.5. The van der Waals surface area contributed by atoms with Crippen molar-refractivity contribution in [1.29, 1.82) is 0 Å². The molecular weight excluding hydrogens is 404 g/mol. The molecule has 1 aliphatic rings. The molecule has 4 rings (SSSR count). The number of ether oxygens (including phenoxy) is 1. The van der Waals surface area contributed by atoms with E-state index in [1.165, 1.54) is 0 Å². The van der Waals surface area contributed by atoms with Gasteiger partial charge in [-0.3, -0.25) is 9.48 Å². The largest absolute Gasteiger partial charge is 0.494 e. The number of anilines is 1. The summed E-state index contributed by atoms with van der Waals surface area (Å²) in [5.74, 6) is 1.55. The minimum absolute atomic E-state index is 0.0656. The van der Waals surface area contributed by atoms with Gasteiger partial charge in [0.15, 0.2) is 0 Å². The standard InChI is InChI=1S/C24H32N6O2/c1-5-32-20-8-9-22-21(14-20)18(4)26-24(27-22)29-11-6-7-19(15-29)23(31)25-10-12-30-17(3)13-16(2)28-30/h8-9,13-14,19H,5-7,10-12,15H2,1-4H3,(H,25,31). The monoisotopic (exact) mass is 436 g/mol. The van der Waals surface area contributed by atoms with Crippen LogP contribution in [0.25, 0.3) is 10.9 Å². The van der Waals surface area contributed by atoms with Crippen LogP contribution in [-0.4, -0.2) is 51.9 Å². The van der Waals surface area contributed by atoms with E-state index in [1.54, 1.807) is 0 Å². The van der Waals surface area contributed by atoms with Crippen LogP contribution < -0.4 is 15.0 Å². The Labute approximate surface area is 189 Å². The smallest absolute Gasteiger partial charge is 0.226 e. The number of fused-ring (bicyclic) bond motifs is 1. The van der Waals surface area contributed by atoms with Crippen molar-refractivity contribution in [2.24, 2.45) is 5.92 Å². The Hall–Kier alpha value is -3.16. The second-order valence-corrected chi connectivity index (χ2v) is 8.45. The topological polar surface area (TPSA) is 85.2 Å². The van der Waals surface area contributed by atoms with Gasteiger partial charge in [0.25, 0.3) is 0 Å². The Morgan fingerprint density at radius 1 is 1.22 bits per heavy atom. The fourth-order valence-electron chi connectivity index (χ4n) is 4.35. The van der Waals surface area contributed by atoms with E-state index >= 15 is 0 Å². The first-order chi connectivity index (χ1) is 15.4. The average molecular weight is 437 g/mol. The number of piperidine rings is 1. The van der Waals surface area contributed by atoms with Gasteiger partial charge in [0.2, 0.25) is 11.9 Å². The number of benzene rings is 1. The third kappa shape index (κ3) is 4.84. The van der Waals surface area contributed by atoms with Gasteiger partial charge in [0.05, 0.1) is 36.0 Å². The Morgan fingerprint density at radius 3 is 2.81 bits per heavy atom. The molecule has 0 saturated carbocycles. The Morgan fingerprint density at radius 2 is 2.06 bits per heavy atom. The van der Waals surface area contributed by atoms with Crippen LogP contribution in [0.15, 0.2) is 24.3 Å². The van der Waals surface area contributed by atoms with Crippen molar-refractivity contribution < 1.29 is 9.53 Å². The maximum atomic E-state index is 12.8. The van der Waals surface area contributed by atoms with E-state index in [0.29, 0.717) is 32.2 Å². The van der Waals surface area contributed by atoms with Crippen LogP contribution in [0.5, 0.6) is 5.75 Å². The van der Waals surface area contributed by atoms with Crippen LogP contribution in [0.3, 0.4) is 0 Å². The lowest BCUT2D eigenvalue weighted by Gasteiger charge is -2.32. The first-order valence-electron chi connectivity index (χ1n) is 11.4. The van der Waals surface area contributed by atoms with E-state index in [4.69, 9.17) is 14.7 Å². The summed E-state index contributed by atoms with van der Waals surface area (Å²) < 4.78 is 7.54. The molecule has 170 valence electrons. The zero-order valence-electron chi connectivity index (χ0n) is 19.4. The van der Waals surface area contributed by atoms with Crippen molar-refractivity contribution in [1.82, 2.24) is 25.1 Å². The van der Waals surface area contributed by atoms with Crippen LogP contribution in [0.2, 0.25) is 0 Å². The number of amides is 1. The van der Waals surface area contributed by atoms with E-state index in [-0.39, 0.29) is 11.8 Å². The van der Waals surface area contributed by atoms with Gasteiger partial charge in [0, 0.05) is 30.7 Å². The lowest BCUT2D eigenvalue weighted by molar-refractivity contribution is -0.125. The van der Waals surface area contributed by atoms with Gasteiger partial charge in [0.1, 0.15) is 5.75 Å². The molecule has 1 fully saturated rings. The second kappa shape index (κ2) is 9.54. The van der Waals surface area contributed by atoms with Crippen molar-refractivity contribution in [3.63, 3.8) is 0 Å². The highest BCUT2D eigenvalue weighted by Crippen LogP contribution is 2.26. The van der Waals surface area contributed by atoms with Gasteiger partial charge in [-0.15, -0.1) is 0 Å². The summed E-state index contributed by atoms with van der Waals surface area (Å²) in [6.45, 7) is 11.4. The lowest BCUT2D eigenvalue weighted by atomic mass is 9.97. The first-order valence-corrected chi connectivity index (χ1v) is 11.4. The maximum absolute atomic E-state index is 12.8. The molecule has 32 heavy (non-hydrogen) atoms. The van der Waals surface area contributed by atoms with Gasteiger partial charge in [-0.2, -0.15) is 5.10 Å². The fourth-order valence-corrected chi connectivity index (χ4v) is 4.35. The number of hydrogen-bond donors (Lipinski definition) is 1. The molecule has 1 atom stereocenters. The van der Waals surface area contributed by atoms with E-state index in [0.717, 1.165) is 53.1 Å². The minimum atomic E-state index is -0.0656. The Balaban J connectivity index is 1.40. The molecule has 3 heterocycles. The van der Waals surface area contributed by atoms with Crippen molar-refractivity contribution in [3.8, 4) is 5.75 Å². The summed E-state index contributed by atoms with van der Waals surface area (Å²) in [5.41, 5.74) is 3.92. The highest BCUT2D eigenvalue weighted by molar-refractivity contribution is 5.83. The molecule has 1 aromatic carbocycles. The second-order valence-electron chi connectivity index (χ2n) is 8.45. The third-order valence-electron chi connectivity index (χ3n) is 5.96. The number of aryl methyl sites for hydroxylation is 3. The molecule has 1 saturated heterocycles. The van der Waals surface area contributed by atoms with Gasteiger partial charge in [-0.1, -0.05) is 0 Å². The Kier molecular flexibility index (Phi) is 6.58. The number of carbonyl (C=O) groups excluding carboxylic acids is 1. The molecule has 1 aliphatic heterocycles. The number of hydrogen-bond acceptors (Lipinski definition) is 6. The molecule has 0 radical (unpaired) electrons. The van der Waals surface area contributed by atoms with Crippen LogP contribution in [0.4, 0.5) is 5.95 Å². The average Bonchev–Trinajstić information content (AvgIpc) is 3.11. The molecule has 1 amide bonds. The number of rotatable bonds is 7. The van der Waals surface area contributed by atoms with E-state index in [9.17, 15) is 4.79 Å². The molecule has 2 aromatic heterocycles. The van der Waals surface area contributed by atoms with E-state index in [2.05, 4.69) is 15.3 Å². The zero-order valence-corrected chi connectivity index (χ0v) is 19.4.